The number of H-pyrrole nitrogens is 1. The molecule has 1 aliphatic carbocycles. The topological polar surface area (TPSA) is 41.8 Å². The fourth-order valence-corrected chi connectivity index (χ4v) is 3.96. The third-order valence-electron chi connectivity index (χ3n) is 5.27. The van der Waals surface area contributed by atoms with E-state index < -0.39 is 0 Å². The number of fused-ring (bicyclic) bond motifs is 3. The second-order valence-electron chi connectivity index (χ2n) is 6.57. The average Bonchev–Trinajstić information content (AvgIpc) is 2.94. The molecule has 1 aliphatic rings. The number of hydrogen-bond acceptors (Lipinski definition) is 1. The van der Waals surface area contributed by atoms with Gasteiger partial charge in [0.1, 0.15) is 0 Å². The van der Waals surface area contributed by atoms with E-state index in [1.807, 2.05) is 0 Å². The SMILES string of the molecule is CC(c1ccccc1)C1Cc2c([nH]c3ccccc23)[C@H](N)C1. The molecule has 0 spiro atoms. The summed E-state index contributed by atoms with van der Waals surface area (Å²) in [5, 5.41) is 1.35. The van der Waals surface area contributed by atoms with E-state index in [4.69, 9.17) is 5.73 Å². The fourth-order valence-electron chi connectivity index (χ4n) is 3.96. The monoisotopic (exact) mass is 290 g/mol. The highest BCUT2D eigenvalue weighted by molar-refractivity contribution is 5.85. The summed E-state index contributed by atoms with van der Waals surface area (Å²) in [6.45, 7) is 2.34. The molecule has 0 amide bonds. The van der Waals surface area contributed by atoms with Gasteiger partial charge in [0.2, 0.25) is 0 Å². The molecule has 4 rings (SSSR count). The van der Waals surface area contributed by atoms with E-state index in [-0.39, 0.29) is 6.04 Å². The van der Waals surface area contributed by atoms with Gasteiger partial charge in [0.25, 0.3) is 0 Å². The van der Waals surface area contributed by atoms with Crippen molar-refractivity contribution in [3.05, 3.63) is 71.4 Å². The van der Waals surface area contributed by atoms with E-state index in [0.717, 1.165) is 12.8 Å². The summed E-state index contributed by atoms with van der Waals surface area (Å²) in [5.74, 6) is 1.14. The first kappa shape index (κ1) is 13.6. The standard InChI is InChI=1S/C20H22N2/c1-13(14-7-3-2-4-8-14)15-11-17-16-9-5-6-10-19(16)22-20(17)18(21)12-15/h2-10,13,15,18,22H,11-12,21H2,1H3/t13?,15?,18-/m1/s1. The molecule has 2 unspecified atom stereocenters. The van der Waals surface area contributed by atoms with E-state index in [1.165, 1.54) is 27.7 Å². The van der Waals surface area contributed by atoms with Crippen LogP contribution in [0.5, 0.6) is 0 Å². The molecular weight excluding hydrogens is 268 g/mol. The lowest BCUT2D eigenvalue weighted by molar-refractivity contribution is 0.355. The molecule has 3 atom stereocenters. The molecule has 0 radical (unpaired) electrons. The zero-order chi connectivity index (χ0) is 15.1. The van der Waals surface area contributed by atoms with Gasteiger partial charge >= 0.3 is 0 Å². The summed E-state index contributed by atoms with van der Waals surface area (Å²) in [7, 11) is 0. The van der Waals surface area contributed by atoms with Crippen LogP contribution in [0.2, 0.25) is 0 Å². The van der Waals surface area contributed by atoms with Crippen molar-refractivity contribution in [2.24, 2.45) is 11.7 Å². The van der Waals surface area contributed by atoms with Crippen LogP contribution in [-0.2, 0) is 6.42 Å². The quantitative estimate of drug-likeness (QED) is 0.715. The van der Waals surface area contributed by atoms with Gasteiger partial charge in [-0.3, -0.25) is 0 Å². The first-order valence-corrected chi connectivity index (χ1v) is 8.14. The molecule has 2 nitrogen and oxygen atoms in total. The highest BCUT2D eigenvalue weighted by Crippen LogP contribution is 2.41. The van der Waals surface area contributed by atoms with Crippen LogP contribution in [0.4, 0.5) is 0 Å². The van der Waals surface area contributed by atoms with Crippen LogP contribution in [0.1, 0.15) is 42.1 Å². The smallest absolute Gasteiger partial charge is 0.0459 e. The number of aromatic amines is 1. The molecule has 2 heteroatoms. The van der Waals surface area contributed by atoms with Gasteiger partial charge in [0, 0.05) is 22.6 Å². The zero-order valence-corrected chi connectivity index (χ0v) is 12.9. The second kappa shape index (κ2) is 5.29. The first-order chi connectivity index (χ1) is 10.7. The Balaban J connectivity index is 1.72. The van der Waals surface area contributed by atoms with Crippen molar-refractivity contribution >= 4 is 10.9 Å². The fraction of sp³-hybridized carbons (Fsp3) is 0.300. The van der Waals surface area contributed by atoms with Crippen molar-refractivity contribution in [2.45, 2.75) is 31.7 Å². The third kappa shape index (κ3) is 2.15. The number of nitrogens with two attached hydrogens (primary N) is 1. The van der Waals surface area contributed by atoms with Gasteiger partial charge in [-0.15, -0.1) is 0 Å². The number of hydrogen-bond donors (Lipinski definition) is 2. The molecule has 1 aromatic heterocycles. The Morgan fingerprint density at radius 1 is 1.05 bits per heavy atom. The molecular formula is C20H22N2. The van der Waals surface area contributed by atoms with Crippen molar-refractivity contribution in [3.63, 3.8) is 0 Å². The molecule has 1 heterocycles. The minimum Gasteiger partial charge on any atom is -0.357 e. The summed E-state index contributed by atoms with van der Waals surface area (Å²) in [6.07, 6.45) is 2.17. The number of aromatic nitrogens is 1. The van der Waals surface area contributed by atoms with Gasteiger partial charge in [-0.1, -0.05) is 55.5 Å². The van der Waals surface area contributed by atoms with Crippen molar-refractivity contribution in [2.75, 3.05) is 0 Å². The number of para-hydroxylation sites is 1. The highest BCUT2D eigenvalue weighted by atomic mass is 14.8. The second-order valence-corrected chi connectivity index (χ2v) is 6.57. The van der Waals surface area contributed by atoms with Gasteiger partial charge in [-0.2, -0.15) is 0 Å². The Kier molecular flexibility index (Phi) is 3.27. The van der Waals surface area contributed by atoms with Crippen molar-refractivity contribution in [3.8, 4) is 0 Å². The predicted molar refractivity (Wildman–Crippen MR) is 91.9 cm³/mol. The third-order valence-corrected chi connectivity index (χ3v) is 5.27. The molecule has 3 aromatic rings. The van der Waals surface area contributed by atoms with Crippen LogP contribution in [0, 0.1) is 5.92 Å². The maximum Gasteiger partial charge on any atom is 0.0459 e. The summed E-state index contributed by atoms with van der Waals surface area (Å²) in [6, 6.07) is 19.5. The highest BCUT2D eigenvalue weighted by Gasteiger charge is 2.31. The van der Waals surface area contributed by atoms with Crippen molar-refractivity contribution < 1.29 is 0 Å². The molecule has 3 N–H and O–H groups in total. The normalized spacial score (nSPS) is 22.5. The van der Waals surface area contributed by atoms with Gasteiger partial charge in [0.05, 0.1) is 0 Å². The van der Waals surface area contributed by atoms with E-state index in [0.29, 0.717) is 11.8 Å². The molecule has 0 saturated heterocycles. The van der Waals surface area contributed by atoms with Gasteiger partial charge in [0.15, 0.2) is 0 Å². The maximum atomic E-state index is 6.49. The summed E-state index contributed by atoms with van der Waals surface area (Å²) < 4.78 is 0. The van der Waals surface area contributed by atoms with Crippen LogP contribution in [0.15, 0.2) is 54.6 Å². The summed E-state index contributed by atoms with van der Waals surface area (Å²) in [5.41, 5.74) is 11.8. The Morgan fingerprint density at radius 3 is 2.59 bits per heavy atom. The van der Waals surface area contributed by atoms with Crippen molar-refractivity contribution in [1.82, 2.24) is 4.98 Å². The van der Waals surface area contributed by atoms with Crippen LogP contribution in [0.3, 0.4) is 0 Å². The van der Waals surface area contributed by atoms with Crippen LogP contribution < -0.4 is 5.73 Å². The van der Waals surface area contributed by atoms with Crippen molar-refractivity contribution in [1.29, 1.82) is 0 Å². The molecule has 2 aromatic carbocycles. The molecule has 22 heavy (non-hydrogen) atoms. The zero-order valence-electron chi connectivity index (χ0n) is 12.9. The summed E-state index contributed by atoms with van der Waals surface area (Å²) in [4.78, 5) is 3.54. The predicted octanol–water partition coefficient (Wildman–Crippen LogP) is 4.53. The molecule has 0 bridgehead atoms. The summed E-state index contributed by atoms with van der Waals surface area (Å²) >= 11 is 0. The minimum absolute atomic E-state index is 0.118. The van der Waals surface area contributed by atoms with E-state index in [9.17, 15) is 0 Å². The van der Waals surface area contributed by atoms with E-state index >= 15 is 0 Å². The van der Waals surface area contributed by atoms with Gasteiger partial charge in [-0.05, 0) is 41.9 Å². The maximum absolute atomic E-state index is 6.49. The lowest BCUT2D eigenvalue weighted by Crippen LogP contribution is -2.27. The van der Waals surface area contributed by atoms with Gasteiger partial charge < -0.3 is 10.7 Å². The number of nitrogens with one attached hydrogen (secondary N) is 1. The lowest BCUT2D eigenvalue weighted by Gasteiger charge is -2.32. The lowest BCUT2D eigenvalue weighted by atomic mass is 9.75. The molecule has 112 valence electrons. The Hall–Kier alpha value is -2.06. The number of rotatable bonds is 2. The first-order valence-electron chi connectivity index (χ1n) is 8.14. The Bertz CT molecular complexity index is 788. The largest absolute Gasteiger partial charge is 0.357 e. The Morgan fingerprint density at radius 2 is 1.77 bits per heavy atom. The molecule has 0 saturated carbocycles. The molecule has 0 fully saturated rings. The van der Waals surface area contributed by atoms with Crippen LogP contribution >= 0.6 is 0 Å². The number of benzene rings is 2. The molecule has 0 aliphatic heterocycles. The van der Waals surface area contributed by atoms with E-state index in [1.54, 1.807) is 0 Å². The van der Waals surface area contributed by atoms with Crippen LogP contribution in [0.25, 0.3) is 10.9 Å². The van der Waals surface area contributed by atoms with E-state index in [2.05, 4.69) is 66.5 Å². The van der Waals surface area contributed by atoms with Crippen LogP contribution in [-0.4, -0.2) is 4.98 Å². The average molecular weight is 290 g/mol. The Labute approximate surface area is 131 Å². The minimum atomic E-state index is 0.118. The van der Waals surface area contributed by atoms with Gasteiger partial charge in [-0.25, -0.2) is 0 Å².